The monoisotopic (exact) mass is 228 g/mol. The molecule has 5 nitrogen and oxygen atoms in total. The van der Waals surface area contributed by atoms with Crippen LogP contribution in [0.4, 0.5) is 4.79 Å². The van der Waals surface area contributed by atoms with Crippen LogP contribution in [0.15, 0.2) is 0 Å². The van der Waals surface area contributed by atoms with Gasteiger partial charge in [0, 0.05) is 13.1 Å². The molecule has 0 aromatic rings. The van der Waals surface area contributed by atoms with E-state index in [1.807, 2.05) is 13.8 Å². The van der Waals surface area contributed by atoms with Crippen LogP contribution in [0.3, 0.4) is 0 Å². The average Bonchev–Trinajstić information content (AvgIpc) is 2.28. The van der Waals surface area contributed by atoms with Crippen LogP contribution < -0.4 is 5.73 Å². The predicted molar refractivity (Wildman–Crippen MR) is 59.7 cm³/mol. The molecule has 2 N–H and O–H groups in total. The molecule has 1 fully saturated rings. The summed E-state index contributed by atoms with van der Waals surface area (Å²) in [6, 6.07) is 0. The van der Waals surface area contributed by atoms with Crippen molar-refractivity contribution >= 4 is 12.0 Å². The fraction of sp³-hybridized carbons (Fsp3) is 0.818. The lowest BCUT2D eigenvalue weighted by Crippen LogP contribution is -2.44. The van der Waals surface area contributed by atoms with Gasteiger partial charge in [-0.25, -0.2) is 4.79 Å². The van der Waals surface area contributed by atoms with E-state index < -0.39 is 0 Å². The van der Waals surface area contributed by atoms with Crippen molar-refractivity contribution in [3.8, 4) is 0 Å². The molecular weight excluding hydrogens is 208 g/mol. The summed E-state index contributed by atoms with van der Waals surface area (Å²) in [5.74, 6) is -0.556. The minimum atomic E-state index is -0.333. The Bertz CT molecular complexity index is 268. The zero-order chi connectivity index (χ0) is 12.1. The fourth-order valence-electron chi connectivity index (χ4n) is 1.71. The summed E-state index contributed by atoms with van der Waals surface area (Å²) in [6.45, 7) is 4.86. The van der Waals surface area contributed by atoms with Crippen molar-refractivity contribution in [2.45, 2.75) is 39.2 Å². The second kappa shape index (κ2) is 5.72. The smallest absolute Gasteiger partial charge is 0.410 e. The standard InChI is InChI=1S/C11H20N2O3/c1-3-8(2)16-11(15)13-6-4-5-9(7-13)10(12)14/h8-9H,3-7H2,1-2H3,(H2,12,14)/t8?,9-/m1/s1. The van der Waals surface area contributed by atoms with Crippen LogP contribution >= 0.6 is 0 Å². The van der Waals surface area contributed by atoms with E-state index in [1.165, 1.54) is 0 Å². The van der Waals surface area contributed by atoms with Crippen molar-refractivity contribution in [1.29, 1.82) is 0 Å². The SMILES string of the molecule is CCC(C)OC(=O)N1CCC[C@@H](C(N)=O)C1. The van der Waals surface area contributed by atoms with Crippen LogP contribution in [0.25, 0.3) is 0 Å². The van der Waals surface area contributed by atoms with Crippen LogP contribution in [-0.4, -0.2) is 36.1 Å². The lowest BCUT2D eigenvalue weighted by atomic mass is 9.98. The molecule has 1 aliphatic heterocycles. The first-order chi connectivity index (χ1) is 7.54. The molecule has 0 radical (unpaired) electrons. The van der Waals surface area contributed by atoms with Gasteiger partial charge in [0.1, 0.15) is 6.10 Å². The molecule has 2 amide bonds. The zero-order valence-electron chi connectivity index (χ0n) is 9.94. The maximum atomic E-state index is 11.7. The summed E-state index contributed by atoms with van der Waals surface area (Å²) in [7, 11) is 0. The lowest BCUT2D eigenvalue weighted by molar-refractivity contribution is -0.123. The van der Waals surface area contributed by atoms with Gasteiger partial charge in [0.15, 0.2) is 0 Å². The van der Waals surface area contributed by atoms with Gasteiger partial charge in [0.2, 0.25) is 5.91 Å². The molecule has 0 bridgehead atoms. The van der Waals surface area contributed by atoms with Gasteiger partial charge in [0.05, 0.1) is 5.92 Å². The van der Waals surface area contributed by atoms with Crippen LogP contribution in [0.1, 0.15) is 33.1 Å². The van der Waals surface area contributed by atoms with Crippen LogP contribution in [0, 0.1) is 5.92 Å². The maximum absolute atomic E-state index is 11.7. The Morgan fingerprint density at radius 3 is 2.81 bits per heavy atom. The normalized spacial score (nSPS) is 22.6. The molecule has 2 atom stereocenters. The molecule has 0 aromatic carbocycles. The molecule has 0 aromatic heterocycles. The lowest BCUT2D eigenvalue weighted by Gasteiger charge is -2.31. The Morgan fingerprint density at radius 2 is 2.25 bits per heavy atom. The Hall–Kier alpha value is -1.26. The number of piperidine rings is 1. The topological polar surface area (TPSA) is 72.6 Å². The number of amides is 2. The van der Waals surface area contributed by atoms with Crippen molar-refractivity contribution in [2.24, 2.45) is 11.7 Å². The molecule has 92 valence electrons. The number of ether oxygens (including phenoxy) is 1. The third-order valence-electron chi connectivity index (χ3n) is 2.96. The minimum Gasteiger partial charge on any atom is -0.446 e. The molecule has 1 saturated heterocycles. The quantitative estimate of drug-likeness (QED) is 0.786. The van der Waals surface area contributed by atoms with Crippen molar-refractivity contribution in [1.82, 2.24) is 4.90 Å². The maximum Gasteiger partial charge on any atom is 0.410 e. The predicted octanol–water partition coefficient (Wildman–Crippen LogP) is 1.12. The number of likely N-dealkylation sites (tertiary alicyclic amines) is 1. The van der Waals surface area contributed by atoms with Crippen molar-refractivity contribution in [3.05, 3.63) is 0 Å². The van der Waals surface area contributed by atoms with Crippen LogP contribution in [0.5, 0.6) is 0 Å². The molecule has 5 heteroatoms. The van der Waals surface area contributed by atoms with Crippen molar-refractivity contribution in [2.75, 3.05) is 13.1 Å². The summed E-state index contributed by atoms with van der Waals surface area (Å²) in [5.41, 5.74) is 5.24. The Kier molecular flexibility index (Phi) is 4.58. The molecule has 16 heavy (non-hydrogen) atoms. The van der Waals surface area contributed by atoms with Gasteiger partial charge in [-0.05, 0) is 26.2 Å². The third kappa shape index (κ3) is 3.40. The van der Waals surface area contributed by atoms with Gasteiger partial charge < -0.3 is 15.4 Å². The van der Waals surface area contributed by atoms with Gasteiger partial charge in [-0.1, -0.05) is 6.92 Å². The van der Waals surface area contributed by atoms with Crippen molar-refractivity contribution < 1.29 is 14.3 Å². The first-order valence-electron chi connectivity index (χ1n) is 5.79. The van der Waals surface area contributed by atoms with Gasteiger partial charge in [-0.3, -0.25) is 4.79 Å². The van der Waals surface area contributed by atoms with E-state index in [9.17, 15) is 9.59 Å². The van der Waals surface area contributed by atoms with E-state index in [1.54, 1.807) is 4.90 Å². The number of hydrogen-bond acceptors (Lipinski definition) is 3. The number of rotatable bonds is 3. The minimum absolute atomic E-state index is 0.0820. The Morgan fingerprint density at radius 1 is 1.56 bits per heavy atom. The highest BCUT2D eigenvalue weighted by atomic mass is 16.6. The average molecular weight is 228 g/mol. The molecular formula is C11H20N2O3. The van der Waals surface area contributed by atoms with E-state index >= 15 is 0 Å². The van der Waals surface area contributed by atoms with Gasteiger partial charge >= 0.3 is 6.09 Å². The van der Waals surface area contributed by atoms with E-state index in [0.29, 0.717) is 13.1 Å². The third-order valence-corrected chi connectivity index (χ3v) is 2.96. The highest BCUT2D eigenvalue weighted by Crippen LogP contribution is 2.17. The zero-order valence-corrected chi connectivity index (χ0v) is 9.94. The van der Waals surface area contributed by atoms with Crippen LogP contribution in [-0.2, 0) is 9.53 Å². The van der Waals surface area contributed by atoms with E-state index in [0.717, 1.165) is 19.3 Å². The van der Waals surface area contributed by atoms with E-state index in [2.05, 4.69) is 0 Å². The number of hydrogen-bond donors (Lipinski definition) is 1. The second-order valence-corrected chi connectivity index (χ2v) is 4.29. The molecule has 1 aliphatic rings. The number of primary amides is 1. The van der Waals surface area contributed by atoms with Gasteiger partial charge in [-0.15, -0.1) is 0 Å². The summed E-state index contributed by atoms with van der Waals surface area (Å²) in [5, 5.41) is 0. The summed E-state index contributed by atoms with van der Waals surface area (Å²) >= 11 is 0. The summed E-state index contributed by atoms with van der Waals surface area (Å²) < 4.78 is 5.20. The van der Waals surface area contributed by atoms with Crippen molar-refractivity contribution in [3.63, 3.8) is 0 Å². The number of carbonyl (C=O) groups is 2. The number of nitrogens with zero attached hydrogens (tertiary/aromatic N) is 1. The van der Waals surface area contributed by atoms with E-state index in [-0.39, 0.29) is 24.0 Å². The molecule has 1 unspecified atom stereocenters. The molecule has 1 rings (SSSR count). The Labute approximate surface area is 95.9 Å². The molecule has 0 spiro atoms. The molecule has 1 heterocycles. The fourth-order valence-corrected chi connectivity index (χ4v) is 1.71. The Balaban J connectivity index is 2.47. The molecule has 0 aliphatic carbocycles. The van der Waals surface area contributed by atoms with Crippen LogP contribution in [0.2, 0.25) is 0 Å². The highest BCUT2D eigenvalue weighted by Gasteiger charge is 2.28. The van der Waals surface area contributed by atoms with Gasteiger partial charge in [-0.2, -0.15) is 0 Å². The second-order valence-electron chi connectivity index (χ2n) is 4.29. The summed E-state index contributed by atoms with van der Waals surface area (Å²) in [6.07, 6.45) is 1.95. The highest BCUT2D eigenvalue weighted by molar-refractivity contribution is 5.78. The van der Waals surface area contributed by atoms with E-state index in [4.69, 9.17) is 10.5 Å². The molecule has 0 saturated carbocycles. The van der Waals surface area contributed by atoms with Gasteiger partial charge in [0.25, 0.3) is 0 Å². The summed E-state index contributed by atoms with van der Waals surface area (Å²) in [4.78, 5) is 24.3. The largest absolute Gasteiger partial charge is 0.446 e. The number of nitrogens with two attached hydrogens (primary N) is 1. The number of carbonyl (C=O) groups excluding carboxylic acids is 2. The first kappa shape index (κ1) is 12.8. The first-order valence-corrected chi connectivity index (χ1v) is 5.79.